The van der Waals surface area contributed by atoms with Crippen LogP contribution in [0.5, 0.6) is 5.75 Å². The molecule has 0 amide bonds. The van der Waals surface area contributed by atoms with E-state index in [-0.39, 0.29) is 4.88 Å². The van der Waals surface area contributed by atoms with Crippen molar-refractivity contribution >= 4 is 28.9 Å². The highest BCUT2D eigenvalue weighted by molar-refractivity contribution is 7.13. The van der Waals surface area contributed by atoms with Crippen molar-refractivity contribution in [2.24, 2.45) is 0 Å². The van der Waals surface area contributed by atoms with Gasteiger partial charge >= 0.3 is 5.97 Å². The molecule has 1 heterocycles. The van der Waals surface area contributed by atoms with Crippen molar-refractivity contribution in [1.82, 2.24) is 4.98 Å². The van der Waals surface area contributed by atoms with Crippen LogP contribution in [0.2, 0.25) is 5.02 Å². The minimum atomic E-state index is -0.967. The van der Waals surface area contributed by atoms with Crippen molar-refractivity contribution in [2.45, 2.75) is 13.0 Å². The highest BCUT2D eigenvalue weighted by Crippen LogP contribution is 2.27. The fraction of sp³-hybridized carbons (Fsp3) is 0.111. The zero-order chi connectivity index (χ0) is 16.9. The lowest BCUT2D eigenvalue weighted by atomic mass is 10.1. The number of carboxylic acid groups (broad SMARTS) is 1. The number of hydrogen-bond donors (Lipinski definition) is 1. The van der Waals surface area contributed by atoms with Gasteiger partial charge in [0.2, 0.25) is 0 Å². The molecule has 122 valence electrons. The van der Waals surface area contributed by atoms with Gasteiger partial charge in [0.25, 0.3) is 0 Å². The summed E-state index contributed by atoms with van der Waals surface area (Å²) in [5.74, 6) is -0.249. The van der Waals surface area contributed by atoms with Crippen molar-refractivity contribution in [3.8, 4) is 5.75 Å². The molecule has 6 heteroatoms. The number of aromatic carboxylic acids is 1. The maximum absolute atomic E-state index is 11.0. The predicted octanol–water partition coefficient (Wildman–Crippen LogP) is 4.66. The van der Waals surface area contributed by atoms with Gasteiger partial charge in [0.05, 0.1) is 11.2 Å². The molecule has 0 aliphatic carbocycles. The molecule has 1 N–H and O–H groups in total. The third-order valence-corrected chi connectivity index (χ3v) is 4.59. The topological polar surface area (TPSA) is 59.4 Å². The minimum Gasteiger partial charge on any atom is -0.489 e. The van der Waals surface area contributed by atoms with Crippen molar-refractivity contribution in [2.75, 3.05) is 0 Å². The van der Waals surface area contributed by atoms with Crippen LogP contribution < -0.4 is 4.74 Å². The summed E-state index contributed by atoms with van der Waals surface area (Å²) in [5.41, 5.74) is 1.95. The summed E-state index contributed by atoms with van der Waals surface area (Å²) in [5, 5.41) is 10.3. The Kier molecular flexibility index (Phi) is 5.13. The van der Waals surface area contributed by atoms with Crippen LogP contribution in [-0.4, -0.2) is 16.1 Å². The number of halogens is 1. The summed E-state index contributed by atoms with van der Waals surface area (Å²) in [6.07, 6.45) is 1.85. The van der Waals surface area contributed by atoms with Crippen LogP contribution >= 0.6 is 22.9 Å². The van der Waals surface area contributed by atoms with Gasteiger partial charge < -0.3 is 9.84 Å². The molecule has 0 fully saturated rings. The Labute approximate surface area is 148 Å². The molecule has 24 heavy (non-hydrogen) atoms. The Morgan fingerprint density at radius 3 is 2.71 bits per heavy atom. The maximum atomic E-state index is 11.0. The quantitative estimate of drug-likeness (QED) is 0.695. The van der Waals surface area contributed by atoms with Gasteiger partial charge in [-0.05, 0) is 23.8 Å². The smallest absolute Gasteiger partial charge is 0.347 e. The van der Waals surface area contributed by atoms with Crippen molar-refractivity contribution in [3.05, 3.63) is 80.8 Å². The summed E-state index contributed by atoms with van der Waals surface area (Å²) in [6, 6.07) is 15.3. The van der Waals surface area contributed by atoms with E-state index in [0.717, 1.165) is 28.2 Å². The van der Waals surface area contributed by atoms with Gasteiger partial charge in [-0.2, -0.15) is 0 Å². The number of thiazole rings is 1. The van der Waals surface area contributed by atoms with Crippen molar-refractivity contribution in [3.63, 3.8) is 0 Å². The first-order valence-corrected chi connectivity index (χ1v) is 8.44. The average Bonchev–Trinajstić information content (AvgIpc) is 3.04. The van der Waals surface area contributed by atoms with Gasteiger partial charge in [0.1, 0.15) is 17.2 Å². The molecule has 0 saturated carbocycles. The molecule has 3 aromatic rings. The fourth-order valence-corrected chi connectivity index (χ4v) is 3.19. The second kappa shape index (κ2) is 7.47. The normalized spacial score (nSPS) is 10.5. The van der Waals surface area contributed by atoms with E-state index < -0.39 is 5.97 Å². The first-order valence-electron chi connectivity index (χ1n) is 7.25. The molecule has 0 bridgehead atoms. The van der Waals surface area contributed by atoms with Crippen LogP contribution in [0.1, 0.15) is 25.8 Å². The number of carboxylic acids is 1. The number of benzene rings is 2. The largest absolute Gasteiger partial charge is 0.489 e. The van der Waals surface area contributed by atoms with E-state index in [1.165, 1.54) is 6.20 Å². The average molecular weight is 360 g/mol. The fourth-order valence-electron chi connectivity index (χ4n) is 2.22. The second-order valence-electron chi connectivity index (χ2n) is 5.13. The van der Waals surface area contributed by atoms with E-state index in [0.29, 0.717) is 23.1 Å². The first kappa shape index (κ1) is 16.5. The standard InChI is InChI=1S/C18H14ClNO3S/c19-14-6-7-15(23-11-12-4-2-1-3-5-12)13(8-14)9-17-20-10-16(24-17)18(21)22/h1-8,10H,9,11H2,(H,21,22). The Balaban J connectivity index is 1.78. The SMILES string of the molecule is O=C(O)c1cnc(Cc2cc(Cl)ccc2OCc2ccccc2)s1. The first-order chi connectivity index (χ1) is 11.6. The molecule has 0 unspecified atom stereocenters. The van der Waals surface area contributed by atoms with Crippen LogP contribution in [-0.2, 0) is 13.0 Å². The van der Waals surface area contributed by atoms with Gasteiger partial charge in [0.15, 0.2) is 0 Å². The molecule has 0 atom stereocenters. The van der Waals surface area contributed by atoms with E-state index in [1.807, 2.05) is 42.5 Å². The highest BCUT2D eigenvalue weighted by Gasteiger charge is 2.12. The maximum Gasteiger partial charge on any atom is 0.347 e. The summed E-state index contributed by atoms with van der Waals surface area (Å²) in [6.45, 7) is 0.452. The van der Waals surface area contributed by atoms with Gasteiger partial charge in [-0.3, -0.25) is 0 Å². The number of rotatable bonds is 6. The molecule has 0 aliphatic heterocycles. The number of ether oxygens (including phenoxy) is 1. The van der Waals surface area contributed by atoms with Crippen molar-refractivity contribution < 1.29 is 14.6 Å². The monoisotopic (exact) mass is 359 g/mol. The zero-order valence-corrected chi connectivity index (χ0v) is 14.2. The Hall–Kier alpha value is -2.37. The minimum absolute atomic E-state index is 0.221. The van der Waals surface area contributed by atoms with E-state index in [4.69, 9.17) is 21.4 Å². The zero-order valence-electron chi connectivity index (χ0n) is 12.6. The number of nitrogens with zero attached hydrogens (tertiary/aromatic N) is 1. The number of hydrogen-bond acceptors (Lipinski definition) is 4. The van der Waals surface area contributed by atoms with E-state index in [1.54, 1.807) is 6.07 Å². The van der Waals surface area contributed by atoms with Crippen LogP contribution in [0.15, 0.2) is 54.7 Å². The molecule has 0 radical (unpaired) electrons. The summed E-state index contributed by atoms with van der Waals surface area (Å²) >= 11 is 7.24. The molecule has 0 aliphatic rings. The molecule has 2 aromatic carbocycles. The molecule has 1 aromatic heterocycles. The lowest BCUT2D eigenvalue weighted by molar-refractivity contribution is 0.0702. The number of aromatic nitrogens is 1. The highest BCUT2D eigenvalue weighted by atomic mass is 35.5. The molecular weight excluding hydrogens is 346 g/mol. The van der Waals surface area contributed by atoms with Gasteiger partial charge in [-0.1, -0.05) is 41.9 Å². The van der Waals surface area contributed by atoms with Crippen LogP contribution in [0, 0.1) is 0 Å². The van der Waals surface area contributed by atoms with Crippen LogP contribution in [0.25, 0.3) is 0 Å². The van der Waals surface area contributed by atoms with E-state index in [9.17, 15) is 4.79 Å². The Bertz CT molecular complexity index is 848. The van der Waals surface area contributed by atoms with Crippen molar-refractivity contribution in [1.29, 1.82) is 0 Å². The molecular formula is C18H14ClNO3S. The van der Waals surface area contributed by atoms with Gasteiger partial charge in [0, 0.05) is 17.0 Å². The van der Waals surface area contributed by atoms with Crippen LogP contribution in [0.4, 0.5) is 0 Å². The summed E-state index contributed by atoms with van der Waals surface area (Å²) in [4.78, 5) is 15.4. The lowest BCUT2D eigenvalue weighted by Gasteiger charge is -2.11. The lowest BCUT2D eigenvalue weighted by Crippen LogP contribution is -1.99. The third kappa shape index (κ3) is 4.13. The van der Waals surface area contributed by atoms with Gasteiger partial charge in [-0.15, -0.1) is 11.3 Å². The number of carbonyl (C=O) groups is 1. The molecule has 3 rings (SSSR count). The van der Waals surface area contributed by atoms with E-state index >= 15 is 0 Å². The van der Waals surface area contributed by atoms with E-state index in [2.05, 4.69) is 4.98 Å². The third-order valence-electron chi connectivity index (χ3n) is 3.37. The predicted molar refractivity (Wildman–Crippen MR) is 94.1 cm³/mol. The second-order valence-corrected chi connectivity index (χ2v) is 6.68. The van der Waals surface area contributed by atoms with Gasteiger partial charge in [-0.25, -0.2) is 9.78 Å². The Morgan fingerprint density at radius 2 is 2.00 bits per heavy atom. The molecule has 0 spiro atoms. The summed E-state index contributed by atoms with van der Waals surface area (Å²) in [7, 11) is 0. The molecule has 4 nitrogen and oxygen atoms in total. The Morgan fingerprint density at radius 1 is 1.21 bits per heavy atom. The van der Waals surface area contributed by atoms with Crippen LogP contribution in [0.3, 0.4) is 0 Å². The molecule has 0 saturated heterocycles. The summed E-state index contributed by atoms with van der Waals surface area (Å²) < 4.78 is 5.91.